The summed E-state index contributed by atoms with van der Waals surface area (Å²) in [5.74, 6) is -0.649. The van der Waals surface area contributed by atoms with Crippen LogP contribution in [0.25, 0.3) is 0 Å². The summed E-state index contributed by atoms with van der Waals surface area (Å²) in [4.78, 5) is 12.5. The number of ether oxygens (including phenoxy) is 1. The molecule has 0 aliphatic carbocycles. The van der Waals surface area contributed by atoms with Gasteiger partial charge < -0.3 is 14.7 Å². The molecule has 4 nitrogen and oxygen atoms in total. The Balaban J connectivity index is 2.38. The van der Waals surface area contributed by atoms with Gasteiger partial charge >= 0.3 is 12.6 Å². The number of aryl methyl sites for hydroxylation is 1. The lowest BCUT2D eigenvalue weighted by atomic mass is 10.1. The van der Waals surface area contributed by atoms with Crippen LogP contribution in [-0.2, 0) is 11.2 Å². The molecular formula is C15H21F2NO3. The molecule has 1 aromatic rings. The van der Waals surface area contributed by atoms with E-state index in [1.165, 1.54) is 12.1 Å². The van der Waals surface area contributed by atoms with Gasteiger partial charge in [-0.25, -0.2) is 0 Å². The lowest BCUT2D eigenvalue weighted by Crippen LogP contribution is -2.31. The van der Waals surface area contributed by atoms with Gasteiger partial charge in [0.25, 0.3) is 0 Å². The van der Waals surface area contributed by atoms with E-state index in [-0.39, 0.29) is 18.2 Å². The molecule has 6 heteroatoms. The quantitative estimate of drug-likeness (QED) is 0.762. The lowest BCUT2D eigenvalue weighted by molar-refractivity contribution is -0.137. The molecule has 0 aliphatic rings. The third kappa shape index (κ3) is 7.04. The zero-order valence-corrected chi connectivity index (χ0v) is 12.3. The minimum absolute atomic E-state index is 0.126. The maximum absolute atomic E-state index is 12.0. The van der Waals surface area contributed by atoms with Crippen molar-refractivity contribution in [2.45, 2.75) is 38.8 Å². The van der Waals surface area contributed by atoms with E-state index in [0.717, 1.165) is 18.4 Å². The highest BCUT2D eigenvalue weighted by Gasteiger charge is 2.11. The average molecular weight is 301 g/mol. The fraction of sp³-hybridized carbons (Fsp3) is 0.533. The zero-order chi connectivity index (χ0) is 15.8. The SMILES string of the molecule is CC(CCc1ccc(OC(F)F)cc1)N(C)CCC(=O)O. The molecule has 1 N–H and O–H groups in total. The Morgan fingerprint density at radius 2 is 1.95 bits per heavy atom. The highest BCUT2D eigenvalue weighted by Crippen LogP contribution is 2.16. The molecule has 1 unspecified atom stereocenters. The summed E-state index contributed by atoms with van der Waals surface area (Å²) in [6.07, 6.45) is 1.79. The minimum atomic E-state index is -2.81. The lowest BCUT2D eigenvalue weighted by Gasteiger charge is -2.24. The maximum Gasteiger partial charge on any atom is 0.387 e. The summed E-state index contributed by atoms with van der Waals surface area (Å²) >= 11 is 0. The summed E-state index contributed by atoms with van der Waals surface area (Å²) in [7, 11) is 1.90. The monoisotopic (exact) mass is 301 g/mol. The number of carboxylic acids is 1. The molecule has 0 radical (unpaired) electrons. The van der Waals surface area contributed by atoms with E-state index in [2.05, 4.69) is 4.74 Å². The first-order valence-electron chi connectivity index (χ1n) is 6.84. The van der Waals surface area contributed by atoms with Crippen molar-refractivity contribution < 1.29 is 23.4 Å². The largest absolute Gasteiger partial charge is 0.481 e. The minimum Gasteiger partial charge on any atom is -0.481 e. The van der Waals surface area contributed by atoms with Crippen molar-refractivity contribution in [1.29, 1.82) is 0 Å². The van der Waals surface area contributed by atoms with Gasteiger partial charge in [0.2, 0.25) is 0 Å². The summed E-state index contributed by atoms with van der Waals surface area (Å²) in [6, 6.07) is 6.84. The van der Waals surface area contributed by atoms with E-state index in [0.29, 0.717) is 6.54 Å². The van der Waals surface area contributed by atoms with Gasteiger partial charge in [-0.05, 0) is 44.5 Å². The van der Waals surface area contributed by atoms with Crippen LogP contribution in [0, 0.1) is 0 Å². The number of hydrogen-bond acceptors (Lipinski definition) is 3. The zero-order valence-electron chi connectivity index (χ0n) is 12.3. The summed E-state index contributed by atoms with van der Waals surface area (Å²) < 4.78 is 28.3. The van der Waals surface area contributed by atoms with Crippen molar-refractivity contribution in [2.75, 3.05) is 13.6 Å². The molecule has 1 atom stereocenters. The Morgan fingerprint density at radius 1 is 1.33 bits per heavy atom. The molecule has 0 saturated carbocycles. The first kappa shape index (κ1) is 17.4. The number of halogens is 2. The molecular weight excluding hydrogens is 280 g/mol. The Kier molecular flexibility index (Phi) is 7.08. The van der Waals surface area contributed by atoms with Crippen molar-refractivity contribution in [1.82, 2.24) is 4.90 Å². The second-order valence-corrected chi connectivity index (χ2v) is 5.03. The fourth-order valence-electron chi connectivity index (χ4n) is 1.93. The third-order valence-corrected chi connectivity index (χ3v) is 3.43. The number of benzene rings is 1. The first-order valence-corrected chi connectivity index (χ1v) is 6.84. The summed E-state index contributed by atoms with van der Waals surface area (Å²) in [6.45, 7) is -0.257. The topological polar surface area (TPSA) is 49.8 Å². The standard InChI is InChI=1S/C15H21F2NO3/c1-11(18(2)10-9-14(19)20)3-4-12-5-7-13(8-6-12)21-15(16)17/h5-8,11,15H,3-4,9-10H2,1-2H3,(H,19,20). The average Bonchev–Trinajstić information content (AvgIpc) is 2.43. The Bertz CT molecular complexity index is 437. The molecule has 0 amide bonds. The number of carboxylic acid groups (broad SMARTS) is 1. The van der Waals surface area contributed by atoms with E-state index in [9.17, 15) is 13.6 Å². The maximum atomic E-state index is 12.0. The molecule has 0 heterocycles. The van der Waals surface area contributed by atoms with Gasteiger partial charge in [0.1, 0.15) is 5.75 Å². The van der Waals surface area contributed by atoms with E-state index < -0.39 is 12.6 Å². The van der Waals surface area contributed by atoms with Gasteiger partial charge in [0.15, 0.2) is 0 Å². The predicted octanol–water partition coefficient (Wildman–Crippen LogP) is 3.02. The Hall–Kier alpha value is -1.69. The number of rotatable bonds is 9. The van der Waals surface area contributed by atoms with Crippen molar-refractivity contribution in [2.24, 2.45) is 0 Å². The smallest absolute Gasteiger partial charge is 0.387 e. The van der Waals surface area contributed by atoms with Gasteiger partial charge in [-0.2, -0.15) is 8.78 Å². The van der Waals surface area contributed by atoms with Crippen LogP contribution in [0.4, 0.5) is 8.78 Å². The molecule has 0 bridgehead atoms. The highest BCUT2D eigenvalue weighted by molar-refractivity contribution is 5.66. The van der Waals surface area contributed by atoms with Crippen molar-refractivity contribution >= 4 is 5.97 Å². The van der Waals surface area contributed by atoms with Crippen molar-refractivity contribution in [3.8, 4) is 5.75 Å². The number of alkyl halides is 2. The van der Waals surface area contributed by atoms with Gasteiger partial charge in [0.05, 0.1) is 6.42 Å². The highest BCUT2D eigenvalue weighted by atomic mass is 19.3. The molecule has 0 spiro atoms. The van der Waals surface area contributed by atoms with Crippen LogP contribution in [0.15, 0.2) is 24.3 Å². The van der Waals surface area contributed by atoms with Crippen LogP contribution in [0.2, 0.25) is 0 Å². The Morgan fingerprint density at radius 3 is 2.48 bits per heavy atom. The summed E-state index contributed by atoms with van der Waals surface area (Å²) in [5, 5.41) is 8.65. The molecule has 0 saturated heterocycles. The molecule has 1 rings (SSSR count). The summed E-state index contributed by atoms with van der Waals surface area (Å²) in [5.41, 5.74) is 1.04. The molecule has 21 heavy (non-hydrogen) atoms. The third-order valence-electron chi connectivity index (χ3n) is 3.43. The molecule has 0 fully saturated rings. The number of nitrogens with zero attached hydrogens (tertiary/aromatic N) is 1. The second kappa shape index (κ2) is 8.56. The molecule has 0 aromatic heterocycles. The molecule has 0 aliphatic heterocycles. The van der Waals surface area contributed by atoms with Crippen LogP contribution in [-0.4, -0.2) is 42.2 Å². The number of hydrogen-bond donors (Lipinski definition) is 1. The van der Waals surface area contributed by atoms with Gasteiger partial charge in [-0.1, -0.05) is 12.1 Å². The van der Waals surface area contributed by atoms with Gasteiger partial charge in [-0.3, -0.25) is 4.79 Å². The van der Waals surface area contributed by atoms with Gasteiger partial charge in [0, 0.05) is 12.6 Å². The van der Waals surface area contributed by atoms with Crippen LogP contribution in [0.3, 0.4) is 0 Å². The normalized spacial score (nSPS) is 12.7. The second-order valence-electron chi connectivity index (χ2n) is 5.03. The molecule has 118 valence electrons. The Labute approximate surface area is 123 Å². The van der Waals surface area contributed by atoms with Gasteiger partial charge in [-0.15, -0.1) is 0 Å². The van der Waals surface area contributed by atoms with Crippen LogP contribution in [0.1, 0.15) is 25.3 Å². The van der Waals surface area contributed by atoms with Crippen LogP contribution >= 0.6 is 0 Å². The first-order chi connectivity index (χ1) is 9.88. The van der Waals surface area contributed by atoms with Crippen molar-refractivity contribution in [3.63, 3.8) is 0 Å². The van der Waals surface area contributed by atoms with E-state index in [1.54, 1.807) is 12.1 Å². The van der Waals surface area contributed by atoms with Crippen molar-refractivity contribution in [3.05, 3.63) is 29.8 Å². The number of aliphatic carboxylic acids is 1. The van der Waals surface area contributed by atoms with Crippen LogP contribution < -0.4 is 4.74 Å². The predicted molar refractivity (Wildman–Crippen MR) is 75.7 cm³/mol. The molecule has 1 aromatic carbocycles. The van der Waals surface area contributed by atoms with E-state index >= 15 is 0 Å². The van der Waals surface area contributed by atoms with E-state index in [1.807, 2.05) is 18.9 Å². The van der Waals surface area contributed by atoms with E-state index in [4.69, 9.17) is 5.11 Å². The fourth-order valence-corrected chi connectivity index (χ4v) is 1.93. The van der Waals surface area contributed by atoms with Crippen LogP contribution in [0.5, 0.6) is 5.75 Å². The number of carbonyl (C=O) groups is 1.